The van der Waals surface area contributed by atoms with Crippen molar-refractivity contribution in [3.8, 4) is 11.1 Å². The van der Waals surface area contributed by atoms with Gasteiger partial charge in [-0.3, -0.25) is 9.67 Å². The average molecular weight is 390 g/mol. The second kappa shape index (κ2) is 6.47. The van der Waals surface area contributed by atoms with Crippen molar-refractivity contribution in [3.63, 3.8) is 0 Å². The van der Waals surface area contributed by atoms with E-state index in [0.29, 0.717) is 6.42 Å². The summed E-state index contributed by atoms with van der Waals surface area (Å²) >= 11 is 1.48. The SMILES string of the molecule is C[C@H](N)c1nn2c(Cc3ccc4ncc(-c5cnn(C)c5)cc4c3)nnc2s1. The van der Waals surface area contributed by atoms with Crippen LogP contribution >= 0.6 is 11.3 Å². The monoisotopic (exact) mass is 390 g/mol. The van der Waals surface area contributed by atoms with Crippen LogP contribution in [0.15, 0.2) is 42.9 Å². The molecule has 8 nitrogen and oxygen atoms in total. The first-order chi connectivity index (χ1) is 13.6. The quantitative estimate of drug-likeness (QED) is 0.506. The summed E-state index contributed by atoms with van der Waals surface area (Å²) in [6.07, 6.45) is 6.35. The van der Waals surface area contributed by atoms with Gasteiger partial charge in [0, 0.05) is 42.4 Å². The number of aromatic nitrogens is 7. The number of nitrogens with two attached hydrogens (primary N) is 1. The molecule has 0 aliphatic carbocycles. The smallest absolute Gasteiger partial charge is 0.234 e. The lowest BCUT2D eigenvalue weighted by molar-refractivity contribution is 0.750. The minimum absolute atomic E-state index is 0.114. The summed E-state index contributed by atoms with van der Waals surface area (Å²) in [5.74, 6) is 0.800. The summed E-state index contributed by atoms with van der Waals surface area (Å²) in [4.78, 5) is 5.35. The zero-order valence-corrected chi connectivity index (χ0v) is 16.3. The van der Waals surface area contributed by atoms with Gasteiger partial charge in [-0.1, -0.05) is 17.4 Å². The third kappa shape index (κ3) is 2.94. The summed E-state index contributed by atoms with van der Waals surface area (Å²) in [5, 5.41) is 19.2. The standard InChI is InChI=1S/C19H18N8S/c1-11(20)18-25-27-17(23-24-19(27)28-18)6-12-3-4-16-13(5-12)7-14(8-21-16)15-9-22-26(2)10-15/h3-5,7-11H,6,20H2,1-2H3/t11-/m0/s1. The van der Waals surface area contributed by atoms with E-state index in [2.05, 4.69) is 43.6 Å². The summed E-state index contributed by atoms with van der Waals surface area (Å²) < 4.78 is 3.58. The van der Waals surface area contributed by atoms with E-state index in [1.165, 1.54) is 11.3 Å². The fourth-order valence-electron chi connectivity index (χ4n) is 3.17. The lowest BCUT2D eigenvalue weighted by atomic mass is 10.0. The van der Waals surface area contributed by atoms with Crippen molar-refractivity contribution in [3.05, 3.63) is 59.3 Å². The number of hydrogen-bond acceptors (Lipinski definition) is 7. The molecule has 0 bridgehead atoms. The lowest BCUT2D eigenvalue weighted by Gasteiger charge is -2.04. The number of hydrogen-bond donors (Lipinski definition) is 1. The first-order valence-electron chi connectivity index (χ1n) is 8.91. The van der Waals surface area contributed by atoms with Gasteiger partial charge < -0.3 is 5.73 Å². The van der Waals surface area contributed by atoms with Crippen LogP contribution in [0, 0.1) is 0 Å². The van der Waals surface area contributed by atoms with Crippen LogP contribution in [-0.4, -0.2) is 34.6 Å². The third-order valence-electron chi connectivity index (χ3n) is 4.61. The maximum atomic E-state index is 5.94. The van der Waals surface area contributed by atoms with Crippen LogP contribution in [0.4, 0.5) is 0 Å². The Labute approximate surface area is 164 Å². The lowest BCUT2D eigenvalue weighted by Crippen LogP contribution is -2.06. The molecule has 0 spiro atoms. The predicted molar refractivity (Wildman–Crippen MR) is 108 cm³/mol. The molecule has 0 aliphatic heterocycles. The molecule has 140 valence electrons. The molecule has 0 aliphatic rings. The fourth-order valence-corrected chi connectivity index (χ4v) is 3.98. The number of pyridine rings is 1. The van der Waals surface area contributed by atoms with E-state index in [0.717, 1.165) is 43.4 Å². The van der Waals surface area contributed by atoms with Crippen LogP contribution in [0.2, 0.25) is 0 Å². The van der Waals surface area contributed by atoms with Gasteiger partial charge in [0.1, 0.15) is 5.01 Å². The molecule has 1 atom stereocenters. The van der Waals surface area contributed by atoms with E-state index in [-0.39, 0.29) is 6.04 Å². The molecule has 0 amide bonds. The van der Waals surface area contributed by atoms with Crippen molar-refractivity contribution >= 4 is 27.2 Å². The van der Waals surface area contributed by atoms with Crippen LogP contribution in [0.5, 0.6) is 0 Å². The van der Waals surface area contributed by atoms with Gasteiger partial charge in [0.2, 0.25) is 4.96 Å². The Bertz CT molecular complexity index is 1300. The summed E-state index contributed by atoms with van der Waals surface area (Å²) in [5.41, 5.74) is 10.1. The Morgan fingerprint density at radius 2 is 2.04 bits per heavy atom. The van der Waals surface area contributed by atoms with Crippen molar-refractivity contribution in [2.75, 3.05) is 0 Å². The first-order valence-corrected chi connectivity index (χ1v) is 9.73. The third-order valence-corrected chi connectivity index (χ3v) is 5.71. The first kappa shape index (κ1) is 17.0. The molecular formula is C19H18N8S. The Hall–Kier alpha value is -3.17. The molecule has 5 aromatic rings. The minimum Gasteiger partial charge on any atom is -0.322 e. The Morgan fingerprint density at radius 3 is 2.82 bits per heavy atom. The van der Waals surface area contributed by atoms with E-state index in [1.54, 1.807) is 9.20 Å². The molecular weight excluding hydrogens is 372 g/mol. The fraction of sp³-hybridized carbons (Fsp3) is 0.211. The van der Waals surface area contributed by atoms with Gasteiger partial charge in [-0.05, 0) is 30.7 Å². The van der Waals surface area contributed by atoms with Crippen molar-refractivity contribution in [1.29, 1.82) is 0 Å². The van der Waals surface area contributed by atoms with Crippen LogP contribution in [0.1, 0.15) is 29.4 Å². The molecule has 5 rings (SSSR count). The number of fused-ring (bicyclic) bond motifs is 2. The van der Waals surface area contributed by atoms with Crippen molar-refractivity contribution in [2.24, 2.45) is 12.8 Å². The topological polar surface area (TPSA) is 99.8 Å². The molecule has 0 fully saturated rings. The van der Waals surface area contributed by atoms with Gasteiger partial charge in [-0.25, -0.2) is 0 Å². The highest BCUT2D eigenvalue weighted by molar-refractivity contribution is 7.16. The predicted octanol–water partition coefficient (Wildman–Crippen LogP) is 2.75. The van der Waals surface area contributed by atoms with Gasteiger partial charge in [-0.15, -0.1) is 10.2 Å². The molecule has 0 saturated heterocycles. The van der Waals surface area contributed by atoms with Crippen molar-refractivity contribution in [1.82, 2.24) is 34.6 Å². The maximum absolute atomic E-state index is 5.94. The zero-order valence-electron chi connectivity index (χ0n) is 15.4. The van der Waals surface area contributed by atoms with Crippen molar-refractivity contribution in [2.45, 2.75) is 19.4 Å². The minimum atomic E-state index is -0.114. The van der Waals surface area contributed by atoms with Crippen LogP contribution in [0.25, 0.3) is 27.0 Å². The molecule has 2 N–H and O–H groups in total. The normalized spacial score (nSPS) is 12.8. The molecule has 0 unspecified atom stereocenters. The average Bonchev–Trinajstić information content (AvgIpc) is 3.38. The second-order valence-electron chi connectivity index (χ2n) is 6.87. The number of nitrogens with zero attached hydrogens (tertiary/aromatic N) is 7. The molecule has 1 aromatic carbocycles. The highest BCUT2D eigenvalue weighted by atomic mass is 32.1. The summed E-state index contributed by atoms with van der Waals surface area (Å²) in [6, 6.07) is 8.27. The molecule has 0 saturated carbocycles. The molecule has 28 heavy (non-hydrogen) atoms. The summed E-state index contributed by atoms with van der Waals surface area (Å²) in [6.45, 7) is 1.92. The molecule has 4 heterocycles. The molecule has 9 heteroatoms. The molecule has 4 aromatic heterocycles. The Balaban J connectivity index is 1.50. The van der Waals surface area contributed by atoms with E-state index >= 15 is 0 Å². The maximum Gasteiger partial charge on any atom is 0.234 e. The Kier molecular flexibility index (Phi) is 3.92. The van der Waals surface area contributed by atoms with E-state index in [1.807, 2.05) is 38.6 Å². The summed E-state index contributed by atoms with van der Waals surface area (Å²) in [7, 11) is 1.91. The number of aryl methyl sites for hydroxylation is 1. The van der Waals surface area contributed by atoms with Gasteiger partial charge in [0.25, 0.3) is 0 Å². The molecule has 0 radical (unpaired) electrons. The van der Waals surface area contributed by atoms with Crippen LogP contribution in [0.3, 0.4) is 0 Å². The largest absolute Gasteiger partial charge is 0.322 e. The number of benzene rings is 1. The zero-order chi connectivity index (χ0) is 19.3. The Morgan fingerprint density at radius 1 is 1.14 bits per heavy atom. The van der Waals surface area contributed by atoms with Gasteiger partial charge in [0.15, 0.2) is 5.82 Å². The van der Waals surface area contributed by atoms with E-state index in [9.17, 15) is 0 Å². The highest BCUT2D eigenvalue weighted by Gasteiger charge is 2.14. The van der Waals surface area contributed by atoms with E-state index in [4.69, 9.17) is 5.73 Å². The van der Waals surface area contributed by atoms with Gasteiger partial charge in [-0.2, -0.15) is 14.7 Å². The van der Waals surface area contributed by atoms with Gasteiger partial charge in [0.05, 0.1) is 17.8 Å². The highest BCUT2D eigenvalue weighted by Crippen LogP contribution is 2.24. The number of rotatable bonds is 4. The van der Waals surface area contributed by atoms with E-state index < -0.39 is 0 Å². The van der Waals surface area contributed by atoms with Crippen molar-refractivity contribution < 1.29 is 0 Å². The van der Waals surface area contributed by atoms with Gasteiger partial charge >= 0.3 is 0 Å². The van der Waals surface area contributed by atoms with Crippen LogP contribution in [-0.2, 0) is 13.5 Å². The second-order valence-corrected chi connectivity index (χ2v) is 7.86. The van der Waals surface area contributed by atoms with Crippen LogP contribution < -0.4 is 5.73 Å².